The Labute approximate surface area is 367 Å². The Hall–Kier alpha value is -5.13. The Balaban J connectivity index is 1.88. The molecule has 0 aromatic heterocycles. The number of carbonyl (C=O) groups excluding carboxylic acids is 9. The number of benzene rings is 1. The molecule has 3 aliphatic rings. The number of nitrogens with zero attached hydrogens (tertiary/aromatic N) is 1. The third-order valence-corrected chi connectivity index (χ3v) is 9.35. The summed E-state index contributed by atoms with van der Waals surface area (Å²) in [6.07, 6.45) is -18.4. The lowest BCUT2D eigenvalue weighted by Gasteiger charge is -2.48. The summed E-state index contributed by atoms with van der Waals surface area (Å²) in [7, 11) is 0. The summed E-state index contributed by atoms with van der Waals surface area (Å²) < 4.78 is 59.4. The molecule has 0 unspecified atom stereocenters. The zero-order chi connectivity index (χ0) is 46.4. The summed E-state index contributed by atoms with van der Waals surface area (Å²) in [5, 5.41) is 8.20. The van der Waals surface area contributed by atoms with E-state index < -0.39 is 144 Å². The van der Waals surface area contributed by atoms with Crippen molar-refractivity contribution in [2.75, 3.05) is 13.2 Å². The Kier molecular flexibility index (Phi) is 16.6. The van der Waals surface area contributed by atoms with Gasteiger partial charge >= 0.3 is 41.8 Å². The second kappa shape index (κ2) is 20.8. The largest absolute Gasteiger partial charge is 0.463 e. The number of halogens is 3. The van der Waals surface area contributed by atoms with Crippen LogP contribution < -0.4 is 0 Å². The zero-order valence-electron chi connectivity index (χ0n) is 33.8. The fourth-order valence-electron chi connectivity index (χ4n) is 6.75. The Morgan fingerprint density at radius 1 is 0.645 bits per heavy atom. The van der Waals surface area contributed by atoms with E-state index in [2.05, 4.69) is 0 Å². The minimum Gasteiger partial charge on any atom is -0.463 e. The van der Waals surface area contributed by atoms with Gasteiger partial charge in [-0.15, -0.1) is 0 Å². The van der Waals surface area contributed by atoms with Crippen molar-refractivity contribution in [1.29, 1.82) is 5.41 Å². The van der Waals surface area contributed by atoms with Crippen LogP contribution in [0.15, 0.2) is 24.3 Å². The van der Waals surface area contributed by atoms with Crippen molar-refractivity contribution in [3.05, 3.63) is 35.4 Å². The molecule has 3 aliphatic heterocycles. The molecule has 340 valence electrons. The maximum Gasteiger partial charge on any atom is 0.303 e. The molecule has 4 rings (SSSR count). The minimum absolute atomic E-state index is 0.0770. The summed E-state index contributed by atoms with van der Waals surface area (Å²) in [6, 6.07) is 3.82. The maximum atomic E-state index is 14.0. The van der Waals surface area contributed by atoms with Crippen LogP contribution in [-0.2, 0) is 85.7 Å². The van der Waals surface area contributed by atoms with Crippen molar-refractivity contribution in [3.63, 3.8) is 0 Å². The van der Waals surface area contributed by atoms with Gasteiger partial charge in [0, 0.05) is 48.5 Å². The van der Waals surface area contributed by atoms with Gasteiger partial charge in [-0.3, -0.25) is 53.5 Å². The van der Waals surface area contributed by atoms with Crippen molar-refractivity contribution in [3.8, 4) is 0 Å². The van der Waals surface area contributed by atoms with Crippen molar-refractivity contribution in [2.45, 2.75) is 120 Å². The number of ether oxygens (including phenoxy) is 11. The molecule has 1 aromatic rings. The van der Waals surface area contributed by atoms with E-state index in [4.69, 9.17) is 92.3 Å². The van der Waals surface area contributed by atoms with Crippen LogP contribution in [0.25, 0.3) is 0 Å². The Morgan fingerprint density at radius 2 is 1.13 bits per heavy atom. The number of fused-ring (bicyclic) bond motifs is 1. The SMILES string of the molecule is CC(=O)OC[C@H]1O[C@@H](OC[C@H](OC(C)=O)[C@H]2O[C@H](OC(=N)C(Cl)(Cl)Cl)[C@@H](OC(C)=O)[C@@H](OC(C)=O)[C@@H]2OC(C)=O)[C@H](N2C(=O)c3ccccc3C2=O)[C@@H](OC(C)=O)[C@@H]1OC(C)=O. The molecule has 0 bridgehead atoms. The lowest BCUT2D eigenvalue weighted by Crippen LogP contribution is -2.68. The van der Waals surface area contributed by atoms with Crippen LogP contribution in [0.3, 0.4) is 0 Å². The summed E-state index contributed by atoms with van der Waals surface area (Å²) in [4.78, 5) is 116. The number of rotatable bonds is 14. The maximum absolute atomic E-state index is 14.0. The van der Waals surface area contributed by atoms with Crippen molar-refractivity contribution >= 4 is 94.3 Å². The monoisotopic (exact) mass is 938 g/mol. The highest BCUT2D eigenvalue weighted by molar-refractivity contribution is 6.76. The first kappa shape index (κ1) is 49.5. The molecule has 0 spiro atoms. The smallest absolute Gasteiger partial charge is 0.303 e. The van der Waals surface area contributed by atoms with Crippen LogP contribution >= 0.6 is 34.8 Å². The van der Waals surface area contributed by atoms with Gasteiger partial charge in [0.25, 0.3) is 15.6 Å². The first-order valence-corrected chi connectivity index (χ1v) is 19.4. The van der Waals surface area contributed by atoms with Gasteiger partial charge < -0.3 is 52.1 Å². The number of imide groups is 1. The average molecular weight is 940 g/mol. The van der Waals surface area contributed by atoms with Gasteiger partial charge in [0.2, 0.25) is 18.3 Å². The van der Waals surface area contributed by atoms with Gasteiger partial charge in [0.05, 0.1) is 17.7 Å². The third kappa shape index (κ3) is 12.3. The van der Waals surface area contributed by atoms with E-state index in [0.717, 1.165) is 48.5 Å². The zero-order valence-corrected chi connectivity index (χ0v) is 36.1. The molecule has 2 saturated heterocycles. The van der Waals surface area contributed by atoms with E-state index in [1.54, 1.807) is 0 Å². The molecule has 25 heteroatoms. The first-order chi connectivity index (χ1) is 28.9. The molecule has 0 saturated carbocycles. The summed E-state index contributed by atoms with van der Waals surface area (Å²) in [5.74, 6) is -9.84. The third-order valence-electron chi connectivity index (χ3n) is 8.83. The minimum atomic E-state index is -2.55. The molecule has 2 amide bonds. The average Bonchev–Trinajstić information content (AvgIpc) is 3.39. The van der Waals surface area contributed by atoms with Crippen LogP contribution in [-0.4, -0.2) is 149 Å². The van der Waals surface area contributed by atoms with Crippen molar-refractivity contribution in [2.24, 2.45) is 0 Å². The second-order valence-corrected chi connectivity index (χ2v) is 15.9. The van der Waals surface area contributed by atoms with Crippen molar-refractivity contribution < 1.29 is 95.3 Å². The van der Waals surface area contributed by atoms with Crippen molar-refractivity contribution in [1.82, 2.24) is 4.90 Å². The molecule has 3 heterocycles. The number of amides is 2. The lowest BCUT2D eigenvalue weighted by atomic mass is 9.93. The van der Waals surface area contributed by atoms with E-state index >= 15 is 0 Å². The molecule has 1 aromatic carbocycles. The predicted molar refractivity (Wildman–Crippen MR) is 203 cm³/mol. The topological polar surface area (TPSA) is 282 Å². The summed E-state index contributed by atoms with van der Waals surface area (Å²) >= 11 is 17.6. The van der Waals surface area contributed by atoms with Gasteiger partial charge in [-0.05, 0) is 12.1 Å². The quantitative estimate of drug-likeness (QED) is 0.0693. The molecule has 62 heavy (non-hydrogen) atoms. The molecular formula is C37H41Cl3N2O20. The highest BCUT2D eigenvalue weighted by Gasteiger charge is 2.60. The van der Waals surface area contributed by atoms with Gasteiger partial charge in [0.15, 0.2) is 36.8 Å². The number of carbonyl (C=O) groups is 9. The molecule has 22 nitrogen and oxygen atoms in total. The van der Waals surface area contributed by atoms with Crippen LogP contribution in [0.4, 0.5) is 0 Å². The van der Waals surface area contributed by atoms with E-state index in [1.165, 1.54) is 24.3 Å². The number of nitrogens with one attached hydrogen (secondary N) is 1. The molecular weight excluding hydrogens is 899 g/mol. The van der Waals surface area contributed by atoms with Crippen LogP contribution in [0.1, 0.15) is 69.2 Å². The highest BCUT2D eigenvalue weighted by atomic mass is 35.6. The Morgan fingerprint density at radius 3 is 1.61 bits per heavy atom. The van der Waals surface area contributed by atoms with Crippen LogP contribution in [0, 0.1) is 5.41 Å². The molecule has 0 aliphatic carbocycles. The number of hydrogen-bond acceptors (Lipinski definition) is 21. The van der Waals surface area contributed by atoms with Crippen LogP contribution in [0.5, 0.6) is 0 Å². The number of alkyl halides is 3. The lowest BCUT2D eigenvalue weighted by molar-refractivity contribution is -0.315. The number of esters is 7. The molecule has 1 N–H and O–H groups in total. The Bertz CT molecular complexity index is 1920. The predicted octanol–water partition coefficient (Wildman–Crippen LogP) is 1.63. The van der Waals surface area contributed by atoms with E-state index in [1.807, 2.05) is 0 Å². The van der Waals surface area contributed by atoms with E-state index in [-0.39, 0.29) is 11.1 Å². The first-order valence-electron chi connectivity index (χ1n) is 18.3. The van der Waals surface area contributed by atoms with Gasteiger partial charge in [-0.2, -0.15) is 0 Å². The summed E-state index contributed by atoms with van der Waals surface area (Å²) in [6.45, 7) is 5.19. The standard InChI is InChI=1S/C37H41Cl3N2O20/c1-14(43)52-12-24-26(55-16(3)45)28(56-17(4)46)25(42-32(50)21-10-8-9-11-22(21)33(42)51)34(60-24)53-13-23(54-15(2)44)27-29(57-18(5)47)30(58-19(6)48)31(59-20(7)49)35(61-27)62-36(41)37(38,39)40/h8-11,23-31,34-35,41H,12-13H2,1-7H3/t23-,24+,25+,26+,27+,28+,29+,30-,31-,34+,35+/m0/s1. The van der Waals surface area contributed by atoms with Gasteiger partial charge in [0.1, 0.15) is 24.9 Å². The number of hydrogen-bond donors (Lipinski definition) is 1. The second-order valence-electron chi connectivity index (χ2n) is 13.6. The van der Waals surface area contributed by atoms with E-state index in [9.17, 15) is 43.2 Å². The fraction of sp³-hybridized carbons (Fsp3) is 0.568. The van der Waals surface area contributed by atoms with Crippen LogP contribution in [0.2, 0.25) is 0 Å². The highest BCUT2D eigenvalue weighted by Crippen LogP contribution is 2.38. The normalized spacial score (nSPS) is 27.4. The van der Waals surface area contributed by atoms with Gasteiger partial charge in [-0.25, -0.2) is 0 Å². The molecule has 11 atom stereocenters. The summed E-state index contributed by atoms with van der Waals surface area (Å²) in [5.41, 5.74) is -0.154. The van der Waals surface area contributed by atoms with E-state index in [0.29, 0.717) is 4.90 Å². The molecule has 2 fully saturated rings. The molecule has 0 radical (unpaired) electrons. The van der Waals surface area contributed by atoms with Gasteiger partial charge in [-0.1, -0.05) is 46.9 Å². The fourth-order valence-corrected chi connectivity index (χ4v) is 6.89.